The van der Waals surface area contributed by atoms with Gasteiger partial charge in [-0.05, 0) is 24.6 Å². The van der Waals surface area contributed by atoms with Gasteiger partial charge in [-0.15, -0.1) is 0 Å². The molecule has 6 heteroatoms. The lowest BCUT2D eigenvalue weighted by atomic mass is 10.1. The number of nitrogens with zero attached hydrogens (tertiary/aromatic N) is 1. The third-order valence-corrected chi connectivity index (χ3v) is 5.15. The molecule has 108 valence electrons. The standard InChI is InChI=1S/C14H18N2O3S/c1-12-4-5-13(3-2-6-15)11-14(12)20(17,18)16-7-9-19-10-8-16/h4-5,11H,6-10,15H2,1H3. The maximum atomic E-state index is 12.6. The SMILES string of the molecule is Cc1ccc(C#CCN)cc1S(=O)(=O)N1CCOCC1. The van der Waals surface area contributed by atoms with Crippen LogP contribution in [-0.2, 0) is 14.8 Å². The van der Waals surface area contributed by atoms with Crippen molar-refractivity contribution in [2.75, 3.05) is 32.8 Å². The smallest absolute Gasteiger partial charge is 0.243 e. The largest absolute Gasteiger partial charge is 0.379 e. The van der Waals surface area contributed by atoms with Crippen molar-refractivity contribution in [2.24, 2.45) is 5.73 Å². The van der Waals surface area contributed by atoms with Gasteiger partial charge in [0, 0.05) is 18.7 Å². The van der Waals surface area contributed by atoms with Crippen LogP contribution in [0.3, 0.4) is 0 Å². The van der Waals surface area contributed by atoms with E-state index in [1.807, 2.05) is 0 Å². The lowest BCUT2D eigenvalue weighted by Crippen LogP contribution is -2.40. The fourth-order valence-corrected chi connectivity index (χ4v) is 3.69. The molecule has 0 spiro atoms. The van der Waals surface area contributed by atoms with Crippen molar-refractivity contribution < 1.29 is 13.2 Å². The van der Waals surface area contributed by atoms with Crippen LogP contribution in [0.15, 0.2) is 23.1 Å². The van der Waals surface area contributed by atoms with Gasteiger partial charge in [-0.25, -0.2) is 8.42 Å². The molecule has 0 unspecified atom stereocenters. The lowest BCUT2D eigenvalue weighted by molar-refractivity contribution is 0.0730. The molecule has 0 aromatic heterocycles. The van der Waals surface area contributed by atoms with Gasteiger partial charge in [0.15, 0.2) is 0 Å². The summed E-state index contributed by atoms with van der Waals surface area (Å²) in [6.07, 6.45) is 0. The minimum absolute atomic E-state index is 0.249. The molecule has 2 N–H and O–H groups in total. The highest BCUT2D eigenvalue weighted by atomic mass is 32.2. The fourth-order valence-electron chi connectivity index (χ4n) is 2.03. The minimum Gasteiger partial charge on any atom is -0.379 e. The van der Waals surface area contributed by atoms with Crippen LogP contribution in [-0.4, -0.2) is 45.6 Å². The van der Waals surface area contributed by atoms with Gasteiger partial charge in [0.1, 0.15) is 0 Å². The second kappa shape index (κ2) is 6.37. The van der Waals surface area contributed by atoms with E-state index in [4.69, 9.17) is 10.5 Å². The molecule has 1 heterocycles. The van der Waals surface area contributed by atoms with E-state index < -0.39 is 10.0 Å². The molecule has 1 aromatic rings. The zero-order chi connectivity index (χ0) is 14.6. The molecule has 0 radical (unpaired) electrons. The molecule has 0 atom stereocenters. The van der Waals surface area contributed by atoms with Crippen LogP contribution in [0.25, 0.3) is 0 Å². The van der Waals surface area contributed by atoms with Crippen molar-refractivity contribution in [1.82, 2.24) is 4.31 Å². The van der Waals surface area contributed by atoms with Crippen LogP contribution in [0.5, 0.6) is 0 Å². The highest BCUT2D eigenvalue weighted by Gasteiger charge is 2.27. The van der Waals surface area contributed by atoms with E-state index in [9.17, 15) is 8.42 Å². The molecule has 5 nitrogen and oxygen atoms in total. The predicted octanol–water partition coefficient (Wildman–Crippen LogP) is 0.326. The summed E-state index contributed by atoms with van der Waals surface area (Å²) < 4.78 is 31.9. The molecule has 1 aliphatic heterocycles. The number of nitrogens with two attached hydrogens (primary N) is 1. The first-order valence-corrected chi connectivity index (χ1v) is 7.87. The molecule has 20 heavy (non-hydrogen) atoms. The van der Waals surface area contributed by atoms with Crippen molar-refractivity contribution >= 4 is 10.0 Å². The number of hydrogen-bond acceptors (Lipinski definition) is 4. The maximum absolute atomic E-state index is 12.6. The molecule has 1 aliphatic rings. The third kappa shape index (κ3) is 3.19. The summed E-state index contributed by atoms with van der Waals surface area (Å²) in [6, 6.07) is 5.19. The summed E-state index contributed by atoms with van der Waals surface area (Å²) in [7, 11) is -3.49. The summed E-state index contributed by atoms with van der Waals surface area (Å²) in [5, 5.41) is 0. The number of benzene rings is 1. The highest BCUT2D eigenvalue weighted by molar-refractivity contribution is 7.89. The van der Waals surface area contributed by atoms with E-state index in [2.05, 4.69) is 11.8 Å². The van der Waals surface area contributed by atoms with E-state index >= 15 is 0 Å². The Kier molecular flexibility index (Phi) is 4.78. The third-order valence-electron chi connectivity index (χ3n) is 3.11. The molecular weight excluding hydrogens is 276 g/mol. The Morgan fingerprint density at radius 3 is 2.70 bits per heavy atom. The second-order valence-corrected chi connectivity index (χ2v) is 6.41. The van der Waals surface area contributed by atoms with Gasteiger partial charge in [-0.3, -0.25) is 0 Å². The van der Waals surface area contributed by atoms with Crippen molar-refractivity contribution in [3.63, 3.8) is 0 Å². The molecule has 0 saturated carbocycles. The number of rotatable bonds is 2. The molecule has 1 saturated heterocycles. The van der Waals surface area contributed by atoms with Gasteiger partial charge < -0.3 is 10.5 Å². The van der Waals surface area contributed by atoms with Gasteiger partial charge >= 0.3 is 0 Å². The van der Waals surface area contributed by atoms with E-state index in [0.717, 1.165) is 5.56 Å². The second-order valence-electron chi connectivity index (χ2n) is 4.50. The summed E-state index contributed by atoms with van der Waals surface area (Å²) in [4.78, 5) is 0.309. The number of aryl methyl sites for hydroxylation is 1. The number of hydrogen-bond donors (Lipinski definition) is 1. The van der Waals surface area contributed by atoms with E-state index in [-0.39, 0.29) is 6.54 Å². The Morgan fingerprint density at radius 2 is 2.05 bits per heavy atom. The fraction of sp³-hybridized carbons (Fsp3) is 0.429. The Hall–Kier alpha value is -1.39. The molecule has 1 aromatic carbocycles. The van der Waals surface area contributed by atoms with Gasteiger partial charge in [-0.2, -0.15) is 4.31 Å². The Balaban J connectivity index is 2.39. The van der Waals surface area contributed by atoms with Gasteiger partial charge in [0.25, 0.3) is 0 Å². The van der Waals surface area contributed by atoms with Crippen LogP contribution >= 0.6 is 0 Å². The van der Waals surface area contributed by atoms with Gasteiger partial charge in [-0.1, -0.05) is 17.9 Å². The summed E-state index contributed by atoms with van der Waals surface area (Å²) in [5.41, 5.74) is 6.71. The van der Waals surface area contributed by atoms with Gasteiger partial charge in [0.2, 0.25) is 10.0 Å². The summed E-state index contributed by atoms with van der Waals surface area (Å²) in [6.45, 7) is 3.68. The molecule has 1 fully saturated rings. The zero-order valence-electron chi connectivity index (χ0n) is 11.4. The van der Waals surface area contributed by atoms with Gasteiger partial charge in [0.05, 0.1) is 24.7 Å². The van der Waals surface area contributed by atoms with E-state index in [0.29, 0.717) is 36.8 Å². The average molecular weight is 294 g/mol. The van der Waals surface area contributed by atoms with Crippen molar-refractivity contribution in [1.29, 1.82) is 0 Å². The maximum Gasteiger partial charge on any atom is 0.243 e. The average Bonchev–Trinajstić information content (AvgIpc) is 2.47. The normalized spacial score (nSPS) is 16.5. The van der Waals surface area contributed by atoms with Crippen molar-refractivity contribution in [3.8, 4) is 11.8 Å². The molecule has 0 aliphatic carbocycles. The van der Waals surface area contributed by atoms with Crippen molar-refractivity contribution in [2.45, 2.75) is 11.8 Å². The Labute approximate surface area is 119 Å². The first kappa shape index (κ1) is 15.0. The van der Waals surface area contributed by atoms with Crippen LogP contribution in [0.4, 0.5) is 0 Å². The Bertz CT molecular complexity index is 638. The summed E-state index contributed by atoms with van der Waals surface area (Å²) in [5.74, 6) is 5.60. The molecule has 0 amide bonds. The molecular formula is C14H18N2O3S. The quantitative estimate of drug-likeness (QED) is 0.798. The van der Waals surface area contributed by atoms with Crippen LogP contribution in [0, 0.1) is 18.8 Å². The predicted molar refractivity (Wildman–Crippen MR) is 76.7 cm³/mol. The number of ether oxygens (including phenoxy) is 1. The zero-order valence-corrected chi connectivity index (χ0v) is 12.2. The first-order valence-electron chi connectivity index (χ1n) is 6.43. The monoisotopic (exact) mass is 294 g/mol. The van der Waals surface area contributed by atoms with Crippen LogP contribution in [0.1, 0.15) is 11.1 Å². The van der Waals surface area contributed by atoms with E-state index in [1.54, 1.807) is 25.1 Å². The molecule has 2 rings (SSSR count). The van der Waals surface area contributed by atoms with Crippen molar-refractivity contribution in [3.05, 3.63) is 29.3 Å². The Morgan fingerprint density at radius 1 is 1.35 bits per heavy atom. The highest BCUT2D eigenvalue weighted by Crippen LogP contribution is 2.22. The van der Waals surface area contributed by atoms with E-state index in [1.165, 1.54) is 4.31 Å². The molecule has 0 bridgehead atoms. The minimum atomic E-state index is -3.49. The van der Waals surface area contributed by atoms with Crippen LogP contribution < -0.4 is 5.73 Å². The lowest BCUT2D eigenvalue weighted by Gasteiger charge is -2.26. The topological polar surface area (TPSA) is 72.6 Å². The number of morpholine rings is 1. The summed E-state index contributed by atoms with van der Waals surface area (Å²) >= 11 is 0. The number of sulfonamides is 1. The first-order chi connectivity index (χ1) is 9.55. The van der Waals surface area contributed by atoms with Crippen LogP contribution in [0.2, 0.25) is 0 Å².